The summed E-state index contributed by atoms with van der Waals surface area (Å²) in [6, 6.07) is 15.1. The second kappa shape index (κ2) is 10.0. The Labute approximate surface area is 195 Å². The van der Waals surface area contributed by atoms with E-state index < -0.39 is 18.1 Å². The number of alkyl halides is 1. The minimum absolute atomic E-state index is 0.00382. The molecular weight excluding hydrogens is 417 g/mol. The number of halogens is 1. The van der Waals surface area contributed by atoms with Crippen LogP contribution in [0.2, 0.25) is 0 Å². The molecule has 6 heteroatoms. The van der Waals surface area contributed by atoms with Gasteiger partial charge >= 0.3 is 0 Å². The Balaban J connectivity index is 1.62. The molecule has 4 rings (SSSR count). The lowest BCUT2D eigenvalue weighted by molar-refractivity contribution is -0.122. The topological polar surface area (TPSA) is 61.4 Å². The van der Waals surface area contributed by atoms with Gasteiger partial charge in [-0.05, 0) is 61.7 Å². The third-order valence-electron chi connectivity index (χ3n) is 6.86. The first-order valence-electron chi connectivity index (χ1n) is 12.0. The van der Waals surface area contributed by atoms with Crippen LogP contribution >= 0.6 is 0 Å². The van der Waals surface area contributed by atoms with E-state index in [-0.39, 0.29) is 17.7 Å². The van der Waals surface area contributed by atoms with Crippen molar-refractivity contribution in [3.05, 3.63) is 65.2 Å². The summed E-state index contributed by atoms with van der Waals surface area (Å²) in [5.41, 5.74) is 3.38. The normalized spacial score (nSPS) is 22.1. The van der Waals surface area contributed by atoms with Crippen LogP contribution in [0.5, 0.6) is 0 Å². The van der Waals surface area contributed by atoms with Gasteiger partial charge in [-0.25, -0.2) is 4.39 Å². The molecule has 2 N–H and O–H groups in total. The summed E-state index contributed by atoms with van der Waals surface area (Å²) in [5.74, 6) is -0.529. The smallest absolute Gasteiger partial charge is 0.232 e. The third kappa shape index (κ3) is 5.61. The Hall–Kier alpha value is -2.73. The zero-order valence-corrected chi connectivity index (χ0v) is 19.7. The molecule has 1 aliphatic heterocycles. The monoisotopic (exact) mass is 451 g/mol. The first kappa shape index (κ1) is 23.4. The predicted octanol–water partition coefficient (Wildman–Crippen LogP) is 4.45. The Morgan fingerprint density at radius 3 is 2.21 bits per heavy atom. The second-order valence-electron chi connectivity index (χ2n) is 9.78. The average molecular weight is 452 g/mol. The van der Waals surface area contributed by atoms with Gasteiger partial charge in [0, 0.05) is 18.0 Å². The summed E-state index contributed by atoms with van der Waals surface area (Å²) in [7, 11) is 2.07. The lowest BCUT2D eigenvalue weighted by Crippen LogP contribution is -2.36. The van der Waals surface area contributed by atoms with Gasteiger partial charge in [0.15, 0.2) is 0 Å². The van der Waals surface area contributed by atoms with Crippen molar-refractivity contribution in [2.75, 3.05) is 25.5 Å². The van der Waals surface area contributed by atoms with Gasteiger partial charge in [-0.2, -0.15) is 0 Å². The second-order valence-corrected chi connectivity index (χ2v) is 9.78. The molecule has 2 fully saturated rings. The molecule has 1 saturated heterocycles. The molecule has 2 aromatic carbocycles. The van der Waals surface area contributed by atoms with Crippen LogP contribution in [-0.2, 0) is 9.59 Å². The quantitative estimate of drug-likeness (QED) is 0.654. The Kier molecular flexibility index (Phi) is 7.13. The Morgan fingerprint density at radius 1 is 1.00 bits per heavy atom. The predicted molar refractivity (Wildman–Crippen MR) is 129 cm³/mol. The molecule has 0 radical (unpaired) electrons. The van der Waals surface area contributed by atoms with Gasteiger partial charge in [0.2, 0.25) is 11.8 Å². The number of piperidine rings is 1. The van der Waals surface area contributed by atoms with Crippen molar-refractivity contribution in [2.24, 2.45) is 5.92 Å². The maximum atomic E-state index is 13.6. The number of likely N-dealkylation sites (tertiary alicyclic amines) is 1. The van der Waals surface area contributed by atoms with Gasteiger partial charge < -0.3 is 15.5 Å². The van der Waals surface area contributed by atoms with E-state index in [0.717, 1.165) is 37.1 Å². The van der Waals surface area contributed by atoms with Gasteiger partial charge in [-0.3, -0.25) is 9.59 Å². The molecule has 0 aromatic heterocycles. The van der Waals surface area contributed by atoms with Gasteiger partial charge in [-0.1, -0.05) is 56.3 Å². The number of benzene rings is 2. The molecule has 2 amide bonds. The van der Waals surface area contributed by atoms with Gasteiger partial charge in [-0.15, -0.1) is 0 Å². The highest BCUT2D eigenvalue weighted by Crippen LogP contribution is 2.34. The third-order valence-corrected chi connectivity index (χ3v) is 6.86. The van der Waals surface area contributed by atoms with Crippen LogP contribution in [0.4, 0.5) is 10.1 Å². The van der Waals surface area contributed by atoms with E-state index >= 15 is 0 Å². The van der Waals surface area contributed by atoms with Crippen LogP contribution in [0, 0.1) is 5.92 Å². The fourth-order valence-corrected chi connectivity index (χ4v) is 4.49. The fourth-order valence-electron chi connectivity index (χ4n) is 4.49. The SMILES string of the molecule is CC(C)c1ccc(C(C(=O)NC2CC2F)c2ccccc2NC(=O)C2CCN(C)CC2)cc1. The standard InChI is InChI=1S/C27H34FN3O2/c1-17(2)18-8-10-19(11-9-18)25(27(33)30-24-16-22(24)28)21-6-4-5-7-23(21)29-26(32)20-12-14-31(3)15-13-20/h4-11,17,20,22,24-25H,12-16H2,1-3H3,(H,29,32)(H,30,33). The van der Waals surface area contributed by atoms with E-state index in [1.165, 1.54) is 5.56 Å². The number of rotatable bonds is 7. The lowest BCUT2D eigenvalue weighted by Gasteiger charge is -2.28. The number of carbonyl (C=O) groups is 2. The van der Waals surface area contributed by atoms with Crippen molar-refractivity contribution in [2.45, 2.75) is 57.2 Å². The van der Waals surface area contributed by atoms with Crippen molar-refractivity contribution < 1.29 is 14.0 Å². The molecule has 2 aromatic rings. The lowest BCUT2D eigenvalue weighted by atomic mass is 9.87. The molecule has 3 unspecified atom stereocenters. The van der Waals surface area contributed by atoms with Crippen molar-refractivity contribution in [1.29, 1.82) is 0 Å². The van der Waals surface area contributed by atoms with Crippen molar-refractivity contribution in [1.82, 2.24) is 10.2 Å². The minimum atomic E-state index is -0.975. The van der Waals surface area contributed by atoms with E-state index in [1.54, 1.807) is 0 Å². The van der Waals surface area contributed by atoms with Crippen molar-refractivity contribution in [3.8, 4) is 0 Å². The van der Waals surface area contributed by atoms with Gasteiger partial charge in [0.1, 0.15) is 6.17 Å². The van der Waals surface area contributed by atoms with Crippen LogP contribution in [0.25, 0.3) is 0 Å². The Bertz CT molecular complexity index is 983. The summed E-state index contributed by atoms with van der Waals surface area (Å²) in [4.78, 5) is 28.6. The zero-order chi connectivity index (χ0) is 23.5. The summed E-state index contributed by atoms with van der Waals surface area (Å²) in [5, 5.41) is 5.95. The number of anilines is 1. The van der Waals surface area contributed by atoms with Crippen LogP contribution in [-0.4, -0.2) is 49.1 Å². The first-order chi connectivity index (χ1) is 15.8. The molecule has 0 bridgehead atoms. The number of para-hydroxylation sites is 1. The van der Waals surface area contributed by atoms with Crippen LogP contribution in [0.15, 0.2) is 48.5 Å². The molecule has 176 valence electrons. The number of nitrogens with one attached hydrogen (secondary N) is 2. The molecule has 1 heterocycles. The van der Waals surface area contributed by atoms with Crippen molar-refractivity contribution in [3.63, 3.8) is 0 Å². The average Bonchev–Trinajstić information content (AvgIpc) is 3.49. The molecule has 0 spiro atoms. The molecule has 2 aliphatic rings. The molecule has 1 aliphatic carbocycles. The summed E-state index contributed by atoms with van der Waals surface area (Å²) < 4.78 is 13.6. The van der Waals surface area contributed by atoms with Crippen LogP contribution in [0.1, 0.15) is 61.6 Å². The highest BCUT2D eigenvalue weighted by molar-refractivity contribution is 5.96. The van der Waals surface area contributed by atoms with Crippen LogP contribution < -0.4 is 10.6 Å². The number of amides is 2. The van der Waals surface area contributed by atoms with E-state index in [2.05, 4.69) is 36.4 Å². The fraction of sp³-hybridized carbons (Fsp3) is 0.481. The zero-order valence-electron chi connectivity index (χ0n) is 19.7. The molecule has 5 nitrogen and oxygen atoms in total. The summed E-state index contributed by atoms with van der Waals surface area (Å²) >= 11 is 0. The molecule has 3 atom stereocenters. The van der Waals surface area contributed by atoms with E-state index in [9.17, 15) is 14.0 Å². The largest absolute Gasteiger partial charge is 0.350 e. The number of hydrogen-bond donors (Lipinski definition) is 2. The van der Waals surface area contributed by atoms with E-state index in [4.69, 9.17) is 0 Å². The number of nitrogens with zero attached hydrogens (tertiary/aromatic N) is 1. The van der Waals surface area contributed by atoms with Crippen molar-refractivity contribution >= 4 is 17.5 Å². The highest BCUT2D eigenvalue weighted by atomic mass is 19.1. The van der Waals surface area contributed by atoms with Gasteiger partial charge in [0.05, 0.1) is 12.0 Å². The highest BCUT2D eigenvalue weighted by Gasteiger charge is 2.40. The summed E-state index contributed by atoms with van der Waals surface area (Å²) in [6.45, 7) is 6.06. The Morgan fingerprint density at radius 2 is 1.61 bits per heavy atom. The van der Waals surface area contributed by atoms with Crippen LogP contribution in [0.3, 0.4) is 0 Å². The number of carbonyl (C=O) groups excluding carboxylic acids is 2. The molecule has 33 heavy (non-hydrogen) atoms. The van der Waals surface area contributed by atoms with E-state index in [0.29, 0.717) is 18.0 Å². The maximum Gasteiger partial charge on any atom is 0.232 e. The minimum Gasteiger partial charge on any atom is -0.350 e. The molecular formula is C27H34FN3O2. The summed E-state index contributed by atoms with van der Waals surface area (Å²) in [6.07, 6.45) is 1.03. The van der Waals surface area contributed by atoms with E-state index in [1.807, 2.05) is 48.5 Å². The number of hydrogen-bond acceptors (Lipinski definition) is 3. The first-order valence-corrected chi connectivity index (χ1v) is 12.0. The molecule has 1 saturated carbocycles. The van der Waals surface area contributed by atoms with Gasteiger partial charge in [0.25, 0.3) is 0 Å². The maximum absolute atomic E-state index is 13.6.